The Balaban J connectivity index is 4.03. The predicted octanol–water partition coefficient (Wildman–Crippen LogP) is 20.7. The van der Waals surface area contributed by atoms with Gasteiger partial charge in [0.2, 0.25) is 0 Å². The maximum absolute atomic E-state index is 12.8. The molecule has 0 aromatic carbocycles. The van der Waals surface area contributed by atoms with Crippen LogP contribution in [0.4, 0.5) is 0 Å². The molecule has 0 heterocycles. The Hall–Kier alpha value is -1.59. The summed E-state index contributed by atoms with van der Waals surface area (Å²) in [4.78, 5) is 38.0. The van der Waals surface area contributed by atoms with Crippen LogP contribution in [0.25, 0.3) is 0 Å². The number of hydrogen-bond acceptors (Lipinski definition) is 6. The van der Waals surface area contributed by atoms with Crippen molar-refractivity contribution in [3.63, 3.8) is 0 Å². The highest BCUT2D eigenvalue weighted by Crippen LogP contribution is 2.18. The number of esters is 3. The Kier molecular flexibility index (Phi) is 56.6. The molecule has 0 bridgehead atoms. The number of hydrogen-bond donors (Lipinski definition) is 0. The van der Waals surface area contributed by atoms with E-state index in [0.29, 0.717) is 19.3 Å². The van der Waals surface area contributed by atoms with Crippen LogP contribution in [0.5, 0.6) is 0 Å². The number of carbonyl (C=O) groups excluding carboxylic acids is 3. The van der Waals surface area contributed by atoms with E-state index in [9.17, 15) is 14.4 Å². The third kappa shape index (κ3) is 55.3. The smallest absolute Gasteiger partial charge is 0.306 e. The van der Waals surface area contributed by atoms with Crippen LogP contribution in [-0.2, 0) is 28.6 Å². The summed E-state index contributed by atoms with van der Waals surface area (Å²) in [6, 6.07) is 0. The molecule has 0 radical (unpaired) electrons. The monoisotopic (exact) mass is 961 g/mol. The van der Waals surface area contributed by atoms with Gasteiger partial charge in [-0.3, -0.25) is 14.4 Å². The third-order valence-electron chi connectivity index (χ3n) is 14.4. The fourth-order valence-corrected chi connectivity index (χ4v) is 9.68. The molecular weight excluding hydrogens is 841 g/mol. The molecule has 0 saturated heterocycles. The Morgan fingerprint density at radius 2 is 0.397 bits per heavy atom. The second-order valence-electron chi connectivity index (χ2n) is 21.3. The average Bonchev–Trinajstić information content (AvgIpc) is 3.34. The minimum atomic E-state index is -0.760. The fourth-order valence-electron chi connectivity index (χ4n) is 9.68. The Morgan fingerprint density at radius 3 is 0.588 bits per heavy atom. The van der Waals surface area contributed by atoms with Crippen molar-refractivity contribution in [1.82, 2.24) is 0 Å². The van der Waals surface area contributed by atoms with Gasteiger partial charge in [0.25, 0.3) is 0 Å². The first-order chi connectivity index (χ1) is 33.5. The molecule has 404 valence electrons. The lowest BCUT2D eigenvalue weighted by Crippen LogP contribution is -2.30. The van der Waals surface area contributed by atoms with E-state index in [1.165, 1.54) is 263 Å². The highest BCUT2D eigenvalue weighted by Gasteiger charge is 2.19. The van der Waals surface area contributed by atoms with Crippen molar-refractivity contribution in [2.45, 2.75) is 367 Å². The van der Waals surface area contributed by atoms with E-state index in [1.54, 1.807) is 0 Å². The van der Waals surface area contributed by atoms with Gasteiger partial charge in [-0.25, -0.2) is 0 Å². The first-order valence-corrected chi connectivity index (χ1v) is 31.0. The van der Waals surface area contributed by atoms with Crippen LogP contribution in [0.2, 0.25) is 0 Å². The topological polar surface area (TPSA) is 78.9 Å². The molecule has 0 saturated carbocycles. The normalized spacial score (nSPS) is 11.9. The van der Waals surface area contributed by atoms with Crippen LogP contribution in [0.15, 0.2) is 0 Å². The lowest BCUT2D eigenvalue weighted by molar-refractivity contribution is -0.167. The van der Waals surface area contributed by atoms with E-state index in [1.807, 2.05) is 0 Å². The second kappa shape index (κ2) is 58.0. The molecule has 0 fully saturated rings. The second-order valence-corrected chi connectivity index (χ2v) is 21.3. The van der Waals surface area contributed by atoms with Crippen LogP contribution < -0.4 is 0 Å². The van der Waals surface area contributed by atoms with Crippen LogP contribution in [0, 0.1) is 0 Å². The van der Waals surface area contributed by atoms with Crippen LogP contribution in [-0.4, -0.2) is 37.2 Å². The zero-order chi connectivity index (χ0) is 49.3. The first-order valence-electron chi connectivity index (χ1n) is 31.0. The summed E-state index contributed by atoms with van der Waals surface area (Å²) in [5, 5.41) is 0. The van der Waals surface area contributed by atoms with Gasteiger partial charge in [0, 0.05) is 19.3 Å². The molecule has 0 amide bonds. The average molecular weight is 962 g/mol. The van der Waals surface area contributed by atoms with E-state index in [-0.39, 0.29) is 31.1 Å². The van der Waals surface area contributed by atoms with Gasteiger partial charge in [0.15, 0.2) is 6.10 Å². The van der Waals surface area contributed by atoms with Gasteiger partial charge >= 0.3 is 17.9 Å². The number of rotatable bonds is 58. The molecule has 0 aromatic rings. The summed E-state index contributed by atoms with van der Waals surface area (Å²) in [7, 11) is 0. The summed E-state index contributed by atoms with van der Waals surface area (Å²) >= 11 is 0. The van der Waals surface area contributed by atoms with Crippen molar-refractivity contribution in [3.8, 4) is 0 Å². The highest BCUT2D eigenvalue weighted by molar-refractivity contribution is 5.71. The maximum atomic E-state index is 12.8. The van der Waals surface area contributed by atoms with Crippen molar-refractivity contribution in [2.75, 3.05) is 13.2 Å². The molecule has 68 heavy (non-hydrogen) atoms. The predicted molar refractivity (Wildman–Crippen MR) is 294 cm³/mol. The third-order valence-corrected chi connectivity index (χ3v) is 14.4. The Labute approximate surface area is 425 Å². The van der Waals surface area contributed by atoms with Crippen molar-refractivity contribution in [2.24, 2.45) is 0 Å². The largest absolute Gasteiger partial charge is 0.462 e. The first kappa shape index (κ1) is 66.4. The quantitative estimate of drug-likeness (QED) is 0.0343. The standard InChI is InChI=1S/C62H120O6/c1-4-7-10-13-16-19-22-23-24-25-26-27-28-29-30-31-32-33-34-35-36-37-38-41-43-46-49-52-55-61(64)67-58-59(68-62(65)56-53-50-47-44-40-21-18-15-12-9-6-3)57-66-60(63)54-51-48-45-42-39-20-17-14-11-8-5-2/h59H,4-58H2,1-3H3. The van der Waals surface area contributed by atoms with E-state index < -0.39 is 6.10 Å². The maximum Gasteiger partial charge on any atom is 0.306 e. The van der Waals surface area contributed by atoms with Gasteiger partial charge < -0.3 is 14.2 Å². The van der Waals surface area contributed by atoms with E-state index in [4.69, 9.17) is 14.2 Å². The van der Waals surface area contributed by atoms with Crippen LogP contribution in [0.1, 0.15) is 361 Å². The van der Waals surface area contributed by atoms with E-state index in [2.05, 4.69) is 20.8 Å². The molecule has 6 heteroatoms. The van der Waals surface area contributed by atoms with Gasteiger partial charge in [-0.15, -0.1) is 0 Å². The summed E-state index contributed by atoms with van der Waals surface area (Å²) in [6.07, 6.45) is 65.6. The molecule has 0 spiro atoms. The van der Waals surface area contributed by atoms with Crippen molar-refractivity contribution < 1.29 is 28.6 Å². The van der Waals surface area contributed by atoms with Crippen LogP contribution >= 0.6 is 0 Å². The van der Waals surface area contributed by atoms with Crippen LogP contribution in [0.3, 0.4) is 0 Å². The van der Waals surface area contributed by atoms with Crippen molar-refractivity contribution >= 4 is 17.9 Å². The van der Waals surface area contributed by atoms with Gasteiger partial charge in [0.05, 0.1) is 0 Å². The summed E-state index contributed by atoms with van der Waals surface area (Å²) in [5.74, 6) is -0.836. The van der Waals surface area contributed by atoms with Gasteiger partial charge in [0.1, 0.15) is 13.2 Å². The van der Waals surface area contributed by atoms with Gasteiger partial charge in [-0.05, 0) is 19.3 Å². The molecule has 6 nitrogen and oxygen atoms in total. The zero-order valence-corrected chi connectivity index (χ0v) is 46.4. The van der Waals surface area contributed by atoms with E-state index in [0.717, 1.165) is 57.8 Å². The molecule has 0 N–H and O–H groups in total. The lowest BCUT2D eigenvalue weighted by atomic mass is 10.0. The lowest BCUT2D eigenvalue weighted by Gasteiger charge is -2.18. The summed E-state index contributed by atoms with van der Waals surface area (Å²) in [5.41, 5.74) is 0. The molecule has 0 aromatic heterocycles. The number of carbonyl (C=O) groups is 3. The minimum absolute atomic E-state index is 0.0614. The molecule has 1 unspecified atom stereocenters. The minimum Gasteiger partial charge on any atom is -0.462 e. The molecule has 0 aliphatic heterocycles. The summed E-state index contributed by atoms with van der Waals surface area (Å²) < 4.78 is 16.9. The van der Waals surface area contributed by atoms with Crippen molar-refractivity contribution in [1.29, 1.82) is 0 Å². The zero-order valence-electron chi connectivity index (χ0n) is 46.4. The van der Waals surface area contributed by atoms with Gasteiger partial charge in [-0.2, -0.15) is 0 Å². The number of unbranched alkanes of at least 4 members (excludes halogenated alkanes) is 47. The highest BCUT2D eigenvalue weighted by atomic mass is 16.6. The molecule has 0 rings (SSSR count). The Morgan fingerprint density at radius 1 is 0.235 bits per heavy atom. The SMILES string of the molecule is CCCCCCCCCCCCCCCCCCCCCCCCCCCCCCC(=O)OCC(COC(=O)CCCCCCCCCCCCC)OC(=O)CCCCCCCCCCCCC. The molecular formula is C62H120O6. The van der Waals surface area contributed by atoms with Gasteiger partial charge in [-0.1, -0.05) is 323 Å². The van der Waals surface area contributed by atoms with Crippen molar-refractivity contribution in [3.05, 3.63) is 0 Å². The molecule has 1 atom stereocenters. The summed E-state index contributed by atoms with van der Waals surface area (Å²) in [6.45, 7) is 6.69. The molecule has 0 aliphatic carbocycles. The van der Waals surface area contributed by atoms with E-state index >= 15 is 0 Å². The Bertz CT molecular complexity index is 1010. The fraction of sp³-hybridized carbons (Fsp3) is 0.952. The molecule has 0 aliphatic rings. The number of ether oxygens (including phenoxy) is 3.